The fourth-order valence-electron chi connectivity index (χ4n) is 3.91. The molecule has 3 aromatic carbocycles. The molecule has 2 atom stereocenters. The van der Waals surface area contributed by atoms with Gasteiger partial charge >= 0.3 is 0 Å². The number of benzene rings is 3. The first-order chi connectivity index (χ1) is 15.7. The molecule has 4 nitrogen and oxygen atoms in total. The molecule has 0 saturated carbocycles. The summed E-state index contributed by atoms with van der Waals surface area (Å²) >= 11 is 3.41. The van der Waals surface area contributed by atoms with Gasteiger partial charge in [-0.25, -0.2) is 0 Å². The van der Waals surface area contributed by atoms with Gasteiger partial charge in [0.1, 0.15) is 11.4 Å². The molecule has 6 heteroatoms. The second-order valence-corrected chi connectivity index (χ2v) is 9.99. The quantitative estimate of drug-likeness (QED) is 0.532. The maximum Gasteiger partial charge on any atom is 0.253 e. The van der Waals surface area contributed by atoms with E-state index < -0.39 is 6.04 Å². The van der Waals surface area contributed by atoms with Crippen molar-refractivity contribution in [1.29, 1.82) is 0 Å². The minimum absolute atomic E-state index is 0.0315. The van der Waals surface area contributed by atoms with E-state index in [0.29, 0.717) is 0 Å². The van der Waals surface area contributed by atoms with Crippen LogP contribution in [0.25, 0.3) is 11.1 Å². The molecule has 1 N–H and O–H groups in total. The van der Waals surface area contributed by atoms with Crippen LogP contribution in [0.15, 0.2) is 101 Å². The summed E-state index contributed by atoms with van der Waals surface area (Å²) in [5.41, 5.74) is 3.31. The average Bonchev–Trinajstić information content (AvgIpc) is 2.84. The molecular formula is C26H22N2O2S2. The molecule has 2 amide bonds. The smallest absolute Gasteiger partial charge is 0.253 e. The highest BCUT2D eigenvalue weighted by atomic mass is 32.2. The maximum atomic E-state index is 12.7. The van der Waals surface area contributed by atoms with Crippen LogP contribution in [-0.4, -0.2) is 33.9 Å². The Kier molecular flexibility index (Phi) is 6.06. The first-order valence-corrected chi connectivity index (χ1v) is 12.4. The lowest BCUT2D eigenvalue weighted by Crippen LogP contribution is -2.68. The molecule has 0 aliphatic carbocycles. The molecule has 1 fully saturated rings. The molecule has 0 radical (unpaired) electrons. The lowest BCUT2D eigenvalue weighted by atomic mass is 10.1. The number of carbonyl (C=O) groups excluding carboxylic acids is 2. The van der Waals surface area contributed by atoms with Gasteiger partial charge < -0.3 is 10.2 Å². The largest absolute Gasteiger partial charge is 0.341 e. The summed E-state index contributed by atoms with van der Waals surface area (Å²) in [6.07, 6.45) is 2.24. The minimum atomic E-state index is -0.449. The molecular weight excluding hydrogens is 436 g/mol. The molecule has 2 aliphatic heterocycles. The molecule has 32 heavy (non-hydrogen) atoms. The predicted octanol–water partition coefficient (Wildman–Crippen LogP) is 4.93. The number of thioether (sulfide) groups is 2. The van der Waals surface area contributed by atoms with E-state index in [9.17, 15) is 9.59 Å². The number of fused-ring (bicyclic) bond motifs is 1. The Morgan fingerprint density at radius 2 is 1.66 bits per heavy atom. The standard InChI is InChI=1S/C26H22N2O2S2/c29-23(15-18-9-3-1-4-10-18)27-24-25(30)28-16-20(17-31-26(24)28)32-22-14-8-7-13-21(22)19-11-5-2-6-12-19/h1-14,16,24,26H,15,17H2,(H,27,29)/t24-,26-/m1/s1. The molecule has 0 spiro atoms. The summed E-state index contributed by atoms with van der Waals surface area (Å²) in [4.78, 5) is 29.2. The molecule has 0 unspecified atom stereocenters. The van der Waals surface area contributed by atoms with Crippen LogP contribution in [0.5, 0.6) is 0 Å². The van der Waals surface area contributed by atoms with Crippen molar-refractivity contribution in [3.05, 3.63) is 102 Å². The van der Waals surface area contributed by atoms with Crippen LogP contribution in [0.4, 0.5) is 0 Å². The van der Waals surface area contributed by atoms with Crippen molar-refractivity contribution < 1.29 is 9.59 Å². The Hall–Kier alpha value is -2.96. The fourth-order valence-corrected chi connectivity index (χ4v) is 6.35. The molecule has 1 saturated heterocycles. The van der Waals surface area contributed by atoms with Crippen molar-refractivity contribution in [3.63, 3.8) is 0 Å². The Balaban J connectivity index is 1.25. The highest BCUT2D eigenvalue weighted by Gasteiger charge is 2.49. The average molecular weight is 459 g/mol. The molecule has 2 aliphatic rings. The third-order valence-electron chi connectivity index (χ3n) is 5.50. The Morgan fingerprint density at radius 1 is 0.969 bits per heavy atom. The number of carbonyl (C=O) groups is 2. The van der Waals surface area contributed by atoms with Crippen LogP contribution in [0.3, 0.4) is 0 Å². The summed E-state index contributed by atoms with van der Waals surface area (Å²) in [5, 5.41) is 2.89. The molecule has 2 heterocycles. The molecule has 0 aromatic heterocycles. The zero-order valence-electron chi connectivity index (χ0n) is 17.3. The van der Waals surface area contributed by atoms with Crippen molar-refractivity contribution in [2.45, 2.75) is 22.7 Å². The number of hydrogen-bond acceptors (Lipinski definition) is 4. The van der Waals surface area contributed by atoms with E-state index in [1.807, 2.05) is 66.9 Å². The molecule has 3 aromatic rings. The Morgan fingerprint density at radius 3 is 2.44 bits per heavy atom. The zero-order valence-corrected chi connectivity index (χ0v) is 18.9. The molecule has 0 bridgehead atoms. The number of nitrogens with one attached hydrogen (secondary N) is 1. The highest BCUT2D eigenvalue weighted by molar-refractivity contribution is 8.06. The van der Waals surface area contributed by atoms with Crippen molar-refractivity contribution in [2.24, 2.45) is 0 Å². The topological polar surface area (TPSA) is 49.4 Å². The normalized spacial score (nSPS) is 19.6. The number of hydrogen-bond donors (Lipinski definition) is 1. The number of rotatable bonds is 6. The van der Waals surface area contributed by atoms with Gasteiger partial charge in [-0.3, -0.25) is 9.59 Å². The summed E-state index contributed by atoms with van der Waals surface area (Å²) < 4.78 is 0. The van der Waals surface area contributed by atoms with Crippen LogP contribution in [-0.2, 0) is 16.0 Å². The second kappa shape index (κ2) is 9.27. The van der Waals surface area contributed by atoms with E-state index in [1.165, 1.54) is 16.0 Å². The van der Waals surface area contributed by atoms with Crippen LogP contribution in [0, 0.1) is 0 Å². The Bertz CT molecular complexity index is 1160. The van der Waals surface area contributed by atoms with E-state index in [-0.39, 0.29) is 23.6 Å². The van der Waals surface area contributed by atoms with Crippen molar-refractivity contribution in [1.82, 2.24) is 10.2 Å². The van der Waals surface area contributed by atoms with Gasteiger partial charge in [-0.1, -0.05) is 90.6 Å². The van der Waals surface area contributed by atoms with Gasteiger partial charge in [-0.15, -0.1) is 11.8 Å². The lowest BCUT2D eigenvalue weighted by Gasteiger charge is -2.47. The van der Waals surface area contributed by atoms with Gasteiger partial charge in [0.2, 0.25) is 5.91 Å². The number of amides is 2. The van der Waals surface area contributed by atoms with Crippen molar-refractivity contribution in [2.75, 3.05) is 5.75 Å². The van der Waals surface area contributed by atoms with Crippen molar-refractivity contribution in [3.8, 4) is 11.1 Å². The SMILES string of the molecule is O=C(Cc1ccccc1)N[C@@H]1C(=O)N2C=C(Sc3ccccc3-c3ccccc3)CS[C@H]12. The molecule has 5 rings (SSSR count). The van der Waals surface area contributed by atoms with Crippen molar-refractivity contribution >= 4 is 35.3 Å². The summed E-state index contributed by atoms with van der Waals surface area (Å²) in [7, 11) is 0. The van der Waals surface area contributed by atoms with Crippen LogP contribution in [0.2, 0.25) is 0 Å². The lowest BCUT2D eigenvalue weighted by molar-refractivity contribution is -0.144. The van der Waals surface area contributed by atoms with E-state index in [2.05, 4.69) is 29.6 Å². The fraction of sp³-hybridized carbons (Fsp3) is 0.154. The van der Waals surface area contributed by atoms with Gasteiger partial charge in [-0.05, 0) is 22.8 Å². The predicted molar refractivity (Wildman–Crippen MR) is 131 cm³/mol. The van der Waals surface area contributed by atoms with E-state index in [0.717, 1.165) is 16.2 Å². The van der Waals surface area contributed by atoms with Crippen LogP contribution in [0.1, 0.15) is 5.56 Å². The van der Waals surface area contributed by atoms with Gasteiger partial charge in [-0.2, -0.15) is 0 Å². The van der Waals surface area contributed by atoms with Gasteiger partial charge in [0.05, 0.1) is 6.42 Å². The first-order valence-electron chi connectivity index (χ1n) is 10.5. The van der Waals surface area contributed by atoms with Gasteiger partial charge in [0.25, 0.3) is 5.91 Å². The van der Waals surface area contributed by atoms with Crippen LogP contribution >= 0.6 is 23.5 Å². The van der Waals surface area contributed by atoms with Gasteiger partial charge in [0, 0.05) is 21.8 Å². The third kappa shape index (κ3) is 4.33. The number of β-lactam (4-membered cyclic amide) rings is 1. The minimum Gasteiger partial charge on any atom is -0.341 e. The van der Waals surface area contributed by atoms with E-state index in [4.69, 9.17) is 0 Å². The zero-order chi connectivity index (χ0) is 21.9. The van der Waals surface area contributed by atoms with Crippen LogP contribution < -0.4 is 5.32 Å². The highest BCUT2D eigenvalue weighted by Crippen LogP contribution is 2.43. The summed E-state index contributed by atoms with van der Waals surface area (Å²) in [6.45, 7) is 0. The monoisotopic (exact) mass is 458 g/mol. The summed E-state index contributed by atoms with van der Waals surface area (Å²) in [5.74, 6) is 0.654. The van der Waals surface area contributed by atoms with E-state index >= 15 is 0 Å². The van der Waals surface area contributed by atoms with E-state index in [1.54, 1.807) is 28.4 Å². The second-order valence-electron chi connectivity index (χ2n) is 7.71. The van der Waals surface area contributed by atoms with Gasteiger partial charge in [0.15, 0.2) is 0 Å². The molecule has 160 valence electrons. The Labute approximate surface area is 196 Å². The first kappa shape index (κ1) is 20.9. The maximum absolute atomic E-state index is 12.7. The third-order valence-corrected chi connectivity index (χ3v) is 8.09. The number of nitrogens with zero attached hydrogens (tertiary/aromatic N) is 1. The summed E-state index contributed by atoms with van der Waals surface area (Å²) in [6, 6.07) is 27.8.